The molecule has 0 unspecified atom stereocenters. The molecule has 0 aliphatic rings. The highest BCUT2D eigenvalue weighted by Gasteiger charge is 2.14. The topological polar surface area (TPSA) is 22.0 Å². The Bertz CT molecular complexity index is 549. The second kappa shape index (κ2) is 3.97. The molecule has 2 nitrogen and oxygen atoms in total. The summed E-state index contributed by atoms with van der Waals surface area (Å²) in [5, 5.41) is 1.10. The number of carbonyl (C=O) groups is 1. The lowest BCUT2D eigenvalue weighted by Crippen LogP contribution is -2.11. The molecule has 0 bridgehead atoms. The third kappa shape index (κ3) is 1.56. The van der Waals surface area contributed by atoms with E-state index in [2.05, 4.69) is 26.5 Å². The zero-order valence-electron chi connectivity index (χ0n) is 9.60. The fourth-order valence-corrected chi connectivity index (χ4v) is 1.94. The van der Waals surface area contributed by atoms with Crippen molar-refractivity contribution in [1.29, 1.82) is 0 Å². The van der Waals surface area contributed by atoms with Gasteiger partial charge in [0.25, 0.3) is 5.91 Å². The molecule has 0 radical (unpaired) electrons. The van der Waals surface area contributed by atoms with E-state index >= 15 is 0 Å². The van der Waals surface area contributed by atoms with E-state index in [0.29, 0.717) is 5.92 Å². The van der Waals surface area contributed by atoms with Crippen molar-refractivity contribution in [2.45, 2.75) is 19.8 Å². The summed E-state index contributed by atoms with van der Waals surface area (Å²) in [6.45, 7) is 7.72. The van der Waals surface area contributed by atoms with Crippen LogP contribution < -0.4 is 0 Å². The number of rotatable bonds is 2. The Morgan fingerprint density at radius 1 is 1.38 bits per heavy atom. The van der Waals surface area contributed by atoms with E-state index in [-0.39, 0.29) is 5.91 Å². The van der Waals surface area contributed by atoms with E-state index in [0.717, 1.165) is 16.6 Å². The van der Waals surface area contributed by atoms with Gasteiger partial charge in [0.1, 0.15) is 0 Å². The lowest BCUT2D eigenvalue weighted by atomic mass is 10.1. The number of nitrogens with zero attached hydrogens (tertiary/aromatic N) is 1. The Morgan fingerprint density at radius 2 is 2.06 bits per heavy atom. The van der Waals surface area contributed by atoms with Crippen LogP contribution in [-0.4, -0.2) is 10.5 Å². The molecule has 0 N–H and O–H groups in total. The summed E-state index contributed by atoms with van der Waals surface area (Å²) in [5.74, 6) is 0.251. The van der Waals surface area contributed by atoms with Crippen LogP contribution in [0.15, 0.2) is 43.0 Å². The Kier molecular flexibility index (Phi) is 2.65. The molecule has 0 saturated heterocycles. The molecule has 0 atom stereocenters. The summed E-state index contributed by atoms with van der Waals surface area (Å²) in [7, 11) is 0. The minimum absolute atomic E-state index is 0.0649. The molecular weight excluding hydrogens is 198 g/mol. The summed E-state index contributed by atoms with van der Waals surface area (Å²) < 4.78 is 1.74. The van der Waals surface area contributed by atoms with Gasteiger partial charge >= 0.3 is 0 Å². The van der Waals surface area contributed by atoms with Gasteiger partial charge in [0.15, 0.2) is 0 Å². The molecule has 1 aromatic carbocycles. The van der Waals surface area contributed by atoms with Gasteiger partial charge in [0.2, 0.25) is 0 Å². The first-order chi connectivity index (χ1) is 7.65. The summed E-state index contributed by atoms with van der Waals surface area (Å²) in [6, 6.07) is 9.98. The van der Waals surface area contributed by atoms with Crippen molar-refractivity contribution in [2.75, 3.05) is 0 Å². The molecule has 0 fully saturated rings. The standard InChI is InChI=1S/C14H15NO/c1-4-14(16)15-12-8-6-5-7-11(12)9-13(15)10(2)3/h4-10H,1H2,2-3H3. The molecule has 16 heavy (non-hydrogen) atoms. The normalized spacial score (nSPS) is 10.9. The SMILES string of the molecule is C=CC(=O)n1c(C(C)C)cc2ccccc21. The highest BCUT2D eigenvalue weighted by Crippen LogP contribution is 2.25. The van der Waals surface area contributed by atoms with E-state index in [1.165, 1.54) is 6.08 Å². The van der Waals surface area contributed by atoms with Gasteiger partial charge in [-0.1, -0.05) is 38.6 Å². The monoisotopic (exact) mass is 213 g/mol. The smallest absolute Gasteiger partial charge is 0.254 e. The summed E-state index contributed by atoms with van der Waals surface area (Å²) in [5.41, 5.74) is 1.99. The molecule has 0 aliphatic carbocycles. The molecular formula is C14H15NO. The summed E-state index contributed by atoms with van der Waals surface area (Å²) >= 11 is 0. The Balaban J connectivity index is 2.79. The highest BCUT2D eigenvalue weighted by molar-refractivity contribution is 5.99. The van der Waals surface area contributed by atoms with Gasteiger partial charge in [-0.25, -0.2) is 0 Å². The van der Waals surface area contributed by atoms with Crippen molar-refractivity contribution in [3.63, 3.8) is 0 Å². The van der Waals surface area contributed by atoms with Crippen LogP contribution in [0.1, 0.15) is 30.3 Å². The summed E-state index contributed by atoms with van der Waals surface area (Å²) in [4.78, 5) is 11.9. The van der Waals surface area contributed by atoms with E-state index in [1.807, 2.05) is 24.3 Å². The second-order valence-electron chi connectivity index (χ2n) is 4.16. The number of fused-ring (bicyclic) bond motifs is 1. The molecule has 1 heterocycles. The number of allylic oxidation sites excluding steroid dienone is 1. The molecule has 0 saturated carbocycles. The molecule has 2 rings (SSSR count). The van der Waals surface area contributed by atoms with Gasteiger partial charge in [-0.05, 0) is 24.1 Å². The van der Waals surface area contributed by atoms with Crippen LogP contribution in [0.2, 0.25) is 0 Å². The minimum atomic E-state index is -0.0649. The first-order valence-corrected chi connectivity index (χ1v) is 5.42. The minimum Gasteiger partial charge on any atom is -0.280 e. The van der Waals surface area contributed by atoms with E-state index < -0.39 is 0 Å². The van der Waals surface area contributed by atoms with Crippen molar-refractivity contribution in [3.05, 3.63) is 48.7 Å². The molecule has 0 aliphatic heterocycles. The second-order valence-corrected chi connectivity index (χ2v) is 4.16. The number of carbonyl (C=O) groups excluding carboxylic acids is 1. The van der Waals surface area contributed by atoms with Crippen molar-refractivity contribution in [1.82, 2.24) is 4.57 Å². The van der Waals surface area contributed by atoms with Crippen LogP contribution >= 0.6 is 0 Å². The van der Waals surface area contributed by atoms with Crippen LogP contribution in [0.5, 0.6) is 0 Å². The average molecular weight is 213 g/mol. The third-order valence-electron chi connectivity index (χ3n) is 2.73. The fourth-order valence-electron chi connectivity index (χ4n) is 1.94. The molecule has 2 aromatic rings. The first kappa shape index (κ1) is 10.7. The van der Waals surface area contributed by atoms with Crippen LogP contribution in [-0.2, 0) is 0 Å². The van der Waals surface area contributed by atoms with Gasteiger partial charge < -0.3 is 0 Å². The van der Waals surface area contributed by atoms with Crippen LogP contribution in [0.4, 0.5) is 0 Å². The summed E-state index contributed by atoms with van der Waals surface area (Å²) in [6.07, 6.45) is 1.36. The van der Waals surface area contributed by atoms with Crippen molar-refractivity contribution >= 4 is 16.8 Å². The maximum absolute atomic E-state index is 11.9. The molecule has 0 spiro atoms. The van der Waals surface area contributed by atoms with Gasteiger partial charge in [0.05, 0.1) is 5.52 Å². The first-order valence-electron chi connectivity index (χ1n) is 5.42. The quantitative estimate of drug-likeness (QED) is 0.699. The number of para-hydroxylation sites is 1. The maximum Gasteiger partial charge on any atom is 0.254 e. The Hall–Kier alpha value is -1.83. The van der Waals surface area contributed by atoms with E-state index in [9.17, 15) is 4.79 Å². The van der Waals surface area contributed by atoms with Gasteiger partial charge in [-0.2, -0.15) is 0 Å². The predicted molar refractivity (Wildman–Crippen MR) is 66.9 cm³/mol. The number of aromatic nitrogens is 1. The molecule has 82 valence electrons. The Morgan fingerprint density at radius 3 is 2.69 bits per heavy atom. The number of hydrogen-bond acceptors (Lipinski definition) is 1. The van der Waals surface area contributed by atoms with Gasteiger partial charge in [0, 0.05) is 11.1 Å². The van der Waals surface area contributed by atoms with Crippen molar-refractivity contribution < 1.29 is 4.79 Å². The molecule has 2 heteroatoms. The zero-order valence-corrected chi connectivity index (χ0v) is 9.60. The zero-order chi connectivity index (χ0) is 11.7. The largest absolute Gasteiger partial charge is 0.280 e. The molecule has 1 aromatic heterocycles. The lowest BCUT2D eigenvalue weighted by molar-refractivity contribution is 0.0970. The van der Waals surface area contributed by atoms with Crippen molar-refractivity contribution in [2.24, 2.45) is 0 Å². The van der Waals surface area contributed by atoms with Crippen LogP contribution in [0.25, 0.3) is 10.9 Å². The van der Waals surface area contributed by atoms with E-state index in [1.54, 1.807) is 4.57 Å². The Labute approximate surface area is 95.2 Å². The third-order valence-corrected chi connectivity index (χ3v) is 2.73. The fraction of sp³-hybridized carbons (Fsp3) is 0.214. The average Bonchev–Trinajstić information content (AvgIpc) is 2.67. The predicted octanol–water partition coefficient (Wildman–Crippen LogP) is 3.59. The van der Waals surface area contributed by atoms with Gasteiger partial charge in [-0.3, -0.25) is 9.36 Å². The lowest BCUT2D eigenvalue weighted by Gasteiger charge is -2.09. The highest BCUT2D eigenvalue weighted by atomic mass is 16.1. The molecule has 0 amide bonds. The van der Waals surface area contributed by atoms with Crippen LogP contribution in [0, 0.1) is 0 Å². The van der Waals surface area contributed by atoms with Crippen LogP contribution in [0.3, 0.4) is 0 Å². The number of hydrogen-bond donors (Lipinski definition) is 0. The number of benzene rings is 1. The van der Waals surface area contributed by atoms with Crippen molar-refractivity contribution in [3.8, 4) is 0 Å². The van der Waals surface area contributed by atoms with Gasteiger partial charge in [-0.15, -0.1) is 0 Å². The van der Waals surface area contributed by atoms with E-state index in [4.69, 9.17) is 0 Å². The maximum atomic E-state index is 11.9.